The minimum absolute atomic E-state index is 0.0371. The Morgan fingerprint density at radius 2 is 2.05 bits per heavy atom. The second kappa shape index (κ2) is 5.97. The van der Waals surface area contributed by atoms with E-state index in [1.54, 1.807) is 6.07 Å². The van der Waals surface area contributed by atoms with E-state index < -0.39 is 11.5 Å². The molecule has 1 aromatic carbocycles. The predicted molar refractivity (Wildman–Crippen MR) is 84.2 cm³/mol. The number of benzene rings is 1. The standard InChI is InChI=1S/C17H16N2O3/c1-2-3-10-22-17(21)13-11-18-15-9-8-12-6-4-5-7-14(12)19(15)16(13)20/h4-9,11H,2-3,10H2,1H3. The maximum atomic E-state index is 12.6. The van der Waals surface area contributed by atoms with Crippen LogP contribution in [0.5, 0.6) is 0 Å². The van der Waals surface area contributed by atoms with Crippen molar-refractivity contribution in [2.75, 3.05) is 6.61 Å². The molecule has 0 radical (unpaired) electrons. The Labute approximate surface area is 127 Å². The van der Waals surface area contributed by atoms with E-state index >= 15 is 0 Å². The third kappa shape index (κ3) is 2.45. The molecule has 22 heavy (non-hydrogen) atoms. The highest BCUT2D eigenvalue weighted by Gasteiger charge is 2.15. The number of ether oxygens (including phenoxy) is 1. The van der Waals surface area contributed by atoms with Crippen molar-refractivity contribution in [3.63, 3.8) is 0 Å². The molecular weight excluding hydrogens is 280 g/mol. The largest absolute Gasteiger partial charge is 0.462 e. The predicted octanol–water partition coefficient (Wildman–Crippen LogP) is 2.80. The van der Waals surface area contributed by atoms with Crippen LogP contribution in [0.1, 0.15) is 30.1 Å². The highest BCUT2D eigenvalue weighted by atomic mass is 16.5. The number of hydrogen-bond acceptors (Lipinski definition) is 4. The van der Waals surface area contributed by atoms with Crippen LogP contribution in [0.3, 0.4) is 0 Å². The van der Waals surface area contributed by atoms with Crippen molar-refractivity contribution in [3.8, 4) is 0 Å². The summed E-state index contributed by atoms with van der Waals surface area (Å²) in [6.45, 7) is 2.32. The first-order valence-electron chi connectivity index (χ1n) is 7.29. The molecule has 0 aliphatic heterocycles. The molecule has 0 unspecified atom stereocenters. The summed E-state index contributed by atoms with van der Waals surface area (Å²) in [5.41, 5.74) is 0.794. The van der Waals surface area contributed by atoms with E-state index in [0.29, 0.717) is 12.3 Å². The van der Waals surface area contributed by atoms with E-state index in [0.717, 1.165) is 23.7 Å². The molecule has 0 bridgehead atoms. The smallest absolute Gasteiger partial charge is 0.345 e. The Kier molecular flexibility index (Phi) is 3.87. The first kappa shape index (κ1) is 14.3. The van der Waals surface area contributed by atoms with Gasteiger partial charge in [-0.15, -0.1) is 0 Å². The molecule has 0 saturated carbocycles. The van der Waals surface area contributed by atoms with Gasteiger partial charge in [0.2, 0.25) is 0 Å². The monoisotopic (exact) mass is 296 g/mol. The summed E-state index contributed by atoms with van der Waals surface area (Å²) in [5.74, 6) is -0.617. The second-order valence-electron chi connectivity index (χ2n) is 5.05. The number of carbonyl (C=O) groups is 1. The van der Waals surface area contributed by atoms with Crippen molar-refractivity contribution < 1.29 is 9.53 Å². The summed E-state index contributed by atoms with van der Waals surface area (Å²) < 4.78 is 6.57. The van der Waals surface area contributed by atoms with Gasteiger partial charge >= 0.3 is 5.97 Å². The lowest BCUT2D eigenvalue weighted by molar-refractivity contribution is 0.0497. The third-order valence-corrected chi connectivity index (χ3v) is 3.53. The zero-order valence-electron chi connectivity index (χ0n) is 12.3. The van der Waals surface area contributed by atoms with E-state index in [9.17, 15) is 9.59 Å². The van der Waals surface area contributed by atoms with Crippen LogP contribution >= 0.6 is 0 Å². The van der Waals surface area contributed by atoms with Crippen LogP contribution in [-0.2, 0) is 4.74 Å². The number of esters is 1. The molecule has 3 rings (SSSR count). The summed E-state index contributed by atoms with van der Waals surface area (Å²) in [5, 5.41) is 0.912. The topological polar surface area (TPSA) is 60.7 Å². The van der Waals surface area contributed by atoms with Gasteiger partial charge in [-0.2, -0.15) is 0 Å². The molecule has 0 spiro atoms. The van der Waals surface area contributed by atoms with Crippen molar-refractivity contribution in [1.82, 2.24) is 9.38 Å². The van der Waals surface area contributed by atoms with Crippen LogP contribution in [0, 0.1) is 0 Å². The number of nitrogens with zero attached hydrogens (tertiary/aromatic N) is 2. The Morgan fingerprint density at radius 3 is 2.86 bits per heavy atom. The van der Waals surface area contributed by atoms with Gasteiger partial charge in [0.25, 0.3) is 5.56 Å². The molecule has 0 aliphatic carbocycles. The summed E-state index contributed by atoms with van der Waals surface area (Å²) >= 11 is 0. The first-order chi connectivity index (χ1) is 10.7. The number of fused-ring (bicyclic) bond motifs is 3. The molecule has 0 fully saturated rings. The Bertz CT molecular complexity index is 899. The van der Waals surface area contributed by atoms with Crippen LogP contribution in [0.25, 0.3) is 16.6 Å². The van der Waals surface area contributed by atoms with Crippen molar-refractivity contribution in [1.29, 1.82) is 0 Å². The fraction of sp³-hybridized carbons (Fsp3) is 0.235. The highest BCUT2D eigenvalue weighted by Crippen LogP contribution is 2.14. The van der Waals surface area contributed by atoms with Gasteiger partial charge in [0.1, 0.15) is 11.2 Å². The van der Waals surface area contributed by atoms with Crippen LogP contribution < -0.4 is 5.56 Å². The Hall–Kier alpha value is -2.69. The van der Waals surface area contributed by atoms with E-state index in [-0.39, 0.29) is 5.56 Å². The lowest BCUT2D eigenvalue weighted by atomic mass is 10.2. The molecule has 3 aromatic rings. The van der Waals surface area contributed by atoms with Crippen molar-refractivity contribution in [2.45, 2.75) is 19.8 Å². The Morgan fingerprint density at radius 1 is 1.23 bits per heavy atom. The Balaban J connectivity index is 2.14. The maximum absolute atomic E-state index is 12.6. The fourth-order valence-corrected chi connectivity index (χ4v) is 2.34. The second-order valence-corrected chi connectivity index (χ2v) is 5.05. The van der Waals surface area contributed by atoms with Crippen molar-refractivity contribution >= 4 is 22.5 Å². The molecule has 0 atom stereocenters. The highest BCUT2D eigenvalue weighted by molar-refractivity contribution is 5.90. The minimum atomic E-state index is -0.617. The average Bonchev–Trinajstić information content (AvgIpc) is 2.55. The minimum Gasteiger partial charge on any atom is -0.462 e. The molecule has 112 valence electrons. The van der Waals surface area contributed by atoms with Crippen molar-refractivity contribution in [2.24, 2.45) is 0 Å². The molecule has 5 nitrogen and oxygen atoms in total. The quantitative estimate of drug-likeness (QED) is 0.422. The molecule has 5 heteroatoms. The van der Waals surface area contributed by atoms with Crippen LogP contribution in [-0.4, -0.2) is 22.0 Å². The molecule has 0 saturated heterocycles. The summed E-state index contributed by atoms with van der Waals surface area (Å²) in [7, 11) is 0. The van der Waals surface area contributed by atoms with Gasteiger partial charge in [0.05, 0.1) is 12.1 Å². The molecule has 2 heterocycles. The lowest BCUT2D eigenvalue weighted by Crippen LogP contribution is -2.24. The number of para-hydroxylation sites is 1. The lowest BCUT2D eigenvalue weighted by Gasteiger charge is -2.07. The van der Waals surface area contributed by atoms with Gasteiger partial charge in [-0.3, -0.25) is 9.20 Å². The van der Waals surface area contributed by atoms with E-state index in [1.807, 2.05) is 37.3 Å². The van der Waals surface area contributed by atoms with E-state index in [1.165, 1.54) is 10.6 Å². The van der Waals surface area contributed by atoms with E-state index in [2.05, 4.69) is 4.98 Å². The van der Waals surface area contributed by atoms with Gasteiger partial charge in [0, 0.05) is 6.20 Å². The molecule has 0 N–H and O–H groups in total. The SMILES string of the molecule is CCCCOC(=O)c1cnc2ccc3ccccc3n2c1=O. The molecule has 0 amide bonds. The van der Waals surface area contributed by atoms with Crippen molar-refractivity contribution in [3.05, 3.63) is 58.5 Å². The molecular formula is C17H16N2O3. The van der Waals surface area contributed by atoms with E-state index in [4.69, 9.17) is 4.74 Å². The summed E-state index contributed by atoms with van der Waals surface area (Å²) in [4.78, 5) is 28.9. The number of pyridine rings is 1. The summed E-state index contributed by atoms with van der Waals surface area (Å²) in [6.07, 6.45) is 2.99. The number of unbranched alkanes of at least 4 members (excludes halogenated alkanes) is 1. The van der Waals surface area contributed by atoms with Gasteiger partial charge in [-0.25, -0.2) is 9.78 Å². The van der Waals surface area contributed by atoms with Crippen LogP contribution in [0.2, 0.25) is 0 Å². The normalized spacial score (nSPS) is 11.0. The fourth-order valence-electron chi connectivity index (χ4n) is 2.34. The zero-order chi connectivity index (χ0) is 15.5. The van der Waals surface area contributed by atoms with Crippen LogP contribution in [0.15, 0.2) is 47.4 Å². The molecule has 2 aromatic heterocycles. The van der Waals surface area contributed by atoms with Gasteiger partial charge < -0.3 is 4.74 Å². The van der Waals surface area contributed by atoms with Gasteiger partial charge in [-0.1, -0.05) is 31.5 Å². The number of rotatable bonds is 4. The van der Waals surface area contributed by atoms with Gasteiger partial charge in [-0.05, 0) is 30.0 Å². The third-order valence-electron chi connectivity index (χ3n) is 3.53. The molecule has 0 aliphatic rings. The zero-order valence-corrected chi connectivity index (χ0v) is 12.3. The first-order valence-corrected chi connectivity index (χ1v) is 7.29. The van der Waals surface area contributed by atoms with Gasteiger partial charge in [0.15, 0.2) is 0 Å². The number of hydrogen-bond donors (Lipinski definition) is 0. The number of aromatic nitrogens is 2. The summed E-state index contributed by atoms with van der Waals surface area (Å²) in [6, 6.07) is 11.1. The van der Waals surface area contributed by atoms with Crippen LogP contribution in [0.4, 0.5) is 0 Å². The average molecular weight is 296 g/mol. The number of carbonyl (C=O) groups excluding carboxylic acids is 1. The maximum Gasteiger partial charge on any atom is 0.345 e.